The first kappa shape index (κ1) is 23.3. The number of sulfonamides is 1. The van der Waals surface area contributed by atoms with E-state index < -0.39 is 22.5 Å². The zero-order valence-electron chi connectivity index (χ0n) is 19.0. The van der Waals surface area contributed by atoms with Crippen molar-refractivity contribution in [1.29, 1.82) is 0 Å². The molecule has 0 unspecified atom stereocenters. The smallest absolute Gasteiger partial charge is 0.264 e. The molecule has 4 aromatic rings. The number of nitrogens with zero attached hydrogens (tertiary/aromatic N) is 1. The Morgan fingerprint density at radius 3 is 2.17 bits per heavy atom. The zero-order valence-corrected chi connectivity index (χ0v) is 19.9. The Kier molecular flexibility index (Phi) is 6.46. The van der Waals surface area contributed by atoms with E-state index in [1.54, 1.807) is 60.7 Å². The van der Waals surface area contributed by atoms with Crippen molar-refractivity contribution in [1.82, 2.24) is 0 Å². The predicted molar refractivity (Wildman–Crippen MR) is 135 cm³/mol. The third kappa shape index (κ3) is 5.11. The quantitative estimate of drug-likeness (QED) is 0.363. The second kappa shape index (κ2) is 10.0. The van der Waals surface area contributed by atoms with Crippen LogP contribution >= 0.6 is 0 Å². The number of carbonyl (C=O) groups is 1. The third-order valence-electron chi connectivity index (χ3n) is 5.38. The summed E-state index contributed by atoms with van der Waals surface area (Å²) in [6, 6.07) is 28.7. The fourth-order valence-corrected chi connectivity index (χ4v) is 5.09. The Morgan fingerprint density at radius 1 is 0.806 bits per heavy atom. The summed E-state index contributed by atoms with van der Waals surface area (Å²) < 4.78 is 44.6. The van der Waals surface area contributed by atoms with Crippen LogP contribution in [0, 0.1) is 0 Å². The van der Waals surface area contributed by atoms with Crippen molar-refractivity contribution in [2.24, 2.45) is 0 Å². The second-order valence-corrected chi connectivity index (χ2v) is 9.71. The lowest BCUT2D eigenvalue weighted by atomic mass is 10.2. The molecule has 4 aromatic carbocycles. The molecule has 36 heavy (non-hydrogen) atoms. The van der Waals surface area contributed by atoms with Crippen LogP contribution in [0.5, 0.6) is 23.0 Å². The van der Waals surface area contributed by atoms with E-state index in [0.717, 1.165) is 4.31 Å². The van der Waals surface area contributed by atoms with Crippen molar-refractivity contribution in [3.8, 4) is 23.0 Å². The minimum Gasteiger partial charge on any atom is -0.457 e. The van der Waals surface area contributed by atoms with E-state index in [1.165, 1.54) is 12.1 Å². The first-order valence-electron chi connectivity index (χ1n) is 11.1. The number of rotatable bonds is 8. The molecule has 5 rings (SSSR count). The Balaban J connectivity index is 1.40. The van der Waals surface area contributed by atoms with Crippen LogP contribution in [0.3, 0.4) is 0 Å². The van der Waals surface area contributed by atoms with Crippen LogP contribution in [0.1, 0.15) is 0 Å². The Hall–Kier alpha value is -4.50. The molecule has 8 nitrogen and oxygen atoms in total. The number of fused-ring (bicyclic) bond motifs is 1. The van der Waals surface area contributed by atoms with Crippen LogP contribution < -0.4 is 23.8 Å². The summed E-state index contributed by atoms with van der Waals surface area (Å²) in [5.41, 5.74) is 0.785. The van der Waals surface area contributed by atoms with Gasteiger partial charge in [-0.3, -0.25) is 9.10 Å². The predicted octanol–water partition coefficient (Wildman–Crippen LogP) is 5.04. The molecule has 1 aliphatic heterocycles. The van der Waals surface area contributed by atoms with Gasteiger partial charge in [0.1, 0.15) is 18.0 Å². The summed E-state index contributed by atoms with van der Waals surface area (Å²) in [5.74, 6) is 1.77. The molecule has 0 bridgehead atoms. The molecule has 0 radical (unpaired) electrons. The lowest BCUT2D eigenvalue weighted by Gasteiger charge is -2.24. The largest absolute Gasteiger partial charge is 0.457 e. The summed E-state index contributed by atoms with van der Waals surface area (Å²) in [6.07, 6.45) is 0. The van der Waals surface area contributed by atoms with Gasteiger partial charge < -0.3 is 19.5 Å². The van der Waals surface area contributed by atoms with Crippen molar-refractivity contribution >= 4 is 27.3 Å². The lowest BCUT2D eigenvalue weighted by Crippen LogP contribution is -2.38. The number of benzene rings is 4. The highest BCUT2D eigenvalue weighted by Gasteiger charge is 2.27. The zero-order chi connectivity index (χ0) is 25.0. The topological polar surface area (TPSA) is 94.2 Å². The van der Waals surface area contributed by atoms with Gasteiger partial charge in [0.25, 0.3) is 10.0 Å². The van der Waals surface area contributed by atoms with Gasteiger partial charge >= 0.3 is 0 Å². The van der Waals surface area contributed by atoms with Gasteiger partial charge in [-0.2, -0.15) is 0 Å². The fourth-order valence-electron chi connectivity index (χ4n) is 3.65. The van der Waals surface area contributed by atoms with Crippen LogP contribution in [-0.2, 0) is 14.8 Å². The summed E-state index contributed by atoms with van der Waals surface area (Å²) >= 11 is 0. The van der Waals surface area contributed by atoms with Crippen LogP contribution in [0.25, 0.3) is 0 Å². The minimum absolute atomic E-state index is 0.0745. The number of ether oxygens (including phenoxy) is 3. The normalized spacial score (nSPS) is 12.1. The third-order valence-corrected chi connectivity index (χ3v) is 7.17. The van der Waals surface area contributed by atoms with Gasteiger partial charge in [-0.1, -0.05) is 36.4 Å². The highest BCUT2D eigenvalue weighted by Crippen LogP contribution is 2.34. The highest BCUT2D eigenvalue weighted by atomic mass is 32.2. The Labute approximate surface area is 208 Å². The first-order chi connectivity index (χ1) is 17.5. The number of carbonyl (C=O) groups excluding carboxylic acids is 1. The molecule has 0 atom stereocenters. The van der Waals surface area contributed by atoms with E-state index >= 15 is 0 Å². The molecule has 0 saturated carbocycles. The van der Waals surface area contributed by atoms with Gasteiger partial charge in [0.2, 0.25) is 12.7 Å². The molecule has 0 aliphatic carbocycles. The first-order valence-corrected chi connectivity index (χ1v) is 12.5. The summed E-state index contributed by atoms with van der Waals surface area (Å²) in [7, 11) is -4.04. The minimum atomic E-state index is -4.04. The summed E-state index contributed by atoms with van der Waals surface area (Å²) in [5, 5.41) is 2.73. The average Bonchev–Trinajstić information content (AvgIpc) is 3.37. The molecule has 1 aliphatic rings. The highest BCUT2D eigenvalue weighted by molar-refractivity contribution is 7.92. The number of anilines is 2. The second-order valence-electron chi connectivity index (χ2n) is 7.85. The molecule has 182 valence electrons. The average molecular weight is 503 g/mol. The number of hydrogen-bond acceptors (Lipinski definition) is 6. The molecule has 0 fully saturated rings. The SMILES string of the molecule is O=C(CN(c1ccc(Oc2ccccc2)cc1)S(=O)(=O)c1ccccc1)Nc1ccc2c(c1)OCO2. The standard InChI is InChI=1S/C27H22N2O6S/c30-27(28-20-11-16-25-26(17-20)34-19-33-25)18-29(36(31,32)24-9-5-2-6-10-24)21-12-14-23(15-13-21)35-22-7-3-1-4-8-22/h1-17H,18-19H2,(H,28,30). The van der Waals surface area contributed by atoms with Gasteiger partial charge in [0.05, 0.1) is 10.6 Å². The molecular weight excluding hydrogens is 480 g/mol. The van der Waals surface area contributed by atoms with Gasteiger partial charge in [0, 0.05) is 11.8 Å². The molecule has 9 heteroatoms. The Morgan fingerprint density at radius 2 is 1.44 bits per heavy atom. The van der Waals surface area contributed by atoms with E-state index in [-0.39, 0.29) is 11.7 Å². The van der Waals surface area contributed by atoms with E-state index in [1.807, 2.05) is 30.3 Å². The van der Waals surface area contributed by atoms with E-state index in [9.17, 15) is 13.2 Å². The van der Waals surface area contributed by atoms with E-state index in [0.29, 0.717) is 34.4 Å². The molecule has 1 amide bonds. The van der Waals surface area contributed by atoms with Crippen LogP contribution in [0.2, 0.25) is 0 Å². The molecule has 0 spiro atoms. The monoisotopic (exact) mass is 502 g/mol. The van der Waals surface area contributed by atoms with E-state index in [2.05, 4.69) is 5.32 Å². The lowest BCUT2D eigenvalue weighted by molar-refractivity contribution is -0.114. The summed E-state index contributed by atoms with van der Waals surface area (Å²) in [6.45, 7) is -0.329. The van der Waals surface area contributed by atoms with Gasteiger partial charge in [0.15, 0.2) is 11.5 Å². The molecule has 1 heterocycles. The maximum atomic E-state index is 13.5. The maximum Gasteiger partial charge on any atom is 0.264 e. The van der Waals surface area contributed by atoms with Crippen molar-refractivity contribution in [2.75, 3.05) is 23.0 Å². The number of amides is 1. The molecule has 0 saturated heterocycles. The van der Waals surface area contributed by atoms with Crippen molar-refractivity contribution < 1.29 is 27.4 Å². The van der Waals surface area contributed by atoms with Gasteiger partial charge in [-0.05, 0) is 60.7 Å². The van der Waals surface area contributed by atoms with Crippen molar-refractivity contribution in [3.63, 3.8) is 0 Å². The summed E-state index contributed by atoms with van der Waals surface area (Å²) in [4.78, 5) is 13.0. The van der Waals surface area contributed by atoms with Crippen molar-refractivity contribution in [2.45, 2.75) is 4.90 Å². The van der Waals surface area contributed by atoms with Crippen LogP contribution in [0.15, 0.2) is 108 Å². The fraction of sp³-hybridized carbons (Fsp3) is 0.0741. The Bertz CT molecular complexity index is 1460. The van der Waals surface area contributed by atoms with Crippen molar-refractivity contribution in [3.05, 3.63) is 103 Å². The van der Waals surface area contributed by atoms with Gasteiger partial charge in [-0.25, -0.2) is 8.42 Å². The maximum absolute atomic E-state index is 13.5. The molecule has 0 aromatic heterocycles. The molecule has 1 N–H and O–H groups in total. The van der Waals surface area contributed by atoms with Crippen LogP contribution in [-0.4, -0.2) is 27.7 Å². The van der Waals surface area contributed by atoms with Gasteiger partial charge in [-0.15, -0.1) is 0 Å². The number of hydrogen-bond donors (Lipinski definition) is 1. The number of nitrogens with one attached hydrogen (secondary N) is 1. The number of para-hydroxylation sites is 1. The van der Waals surface area contributed by atoms with E-state index in [4.69, 9.17) is 14.2 Å². The molecular formula is C27H22N2O6S. The van der Waals surface area contributed by atoms with Crippen LogP contribution in [0.4, 0.5) is 11.4 Å².